The molecule has 39 heavy (non-hydrogen) atoms. The SMILES string of the molecule is O=C(CC12CC3CC(CC(C3)C1)C2)NCC(=O)N1CCN(Cc2ccccc2OCc2ccc(Br)cc2)CC1. The van der Waals surface area contributed by atoms with Crippen LogP contribution in [0.2, 0.25) is 0 Å². The van der Waals surface area contributed by atoms with Crippen molar-refractivity contribution in [2.24, 2.45) is 23.2 Å². The van der Waals surface area contributed by atoms with E-state index in [0.29, 0.717) is 26.1 Å². The van der Waals surface area contributed by atoms with Gasteiger partial charge in [-0.1, -0.05) is 46.3 Å². The molecule has 7 heteroatoms. The molecule has 0 aromatic heterocycles. The maximum Gasteiger partial charge on any atom is 0.242 e. The molecule has 0 atom stereocenters. The van der Waals surface area contributed by atoms with E-state index in [4.69, 9.17) is 4.74 Å². The maximum absolute atomic E-state index is 12.9. The highest BCUT2D eigenvalue weighted by Gasteiger charge is 2.51. The van der Waals surface area contributed by atoms with E-state index in [-0.39, 0.29) is 23.8 Å². The van der Waals surface area contributed by atoms with Gasteiger partial charge in [0.1, 0.15) is 12.4 Å². The number of hydrogen-bond donors (Lipinski definition) is 1. The van der Waals surface area contributed by atoms with Crippen LogP contribution in [0.25, 0.3) is 0 Å². The minimum atomic E-state index is 0.0340. The second kappa shape index (κ2) is 11.6. The molecule has 0 spiro atoms. The van der Waals surface area contributed by atoms with Crippen LogP contribution >= 0.6 is 15.9 Å². The molecule has 0 unspecified atom stereocenters. The summed E-state index contributed by atoms with van der Waals surface area (Å²) in [5.74, 6) is 3.53. The van der Waals surface area contributed by atoms with E-state index in [1.54, 1.807) is 0 Å². The first kappa shape index (κ1) is 26.8. The number of nitrogens with zero attached hydrogens (tertiary/aromatic N) is 2. The first-order chi connectivity index (χ1) is 18.9. The Hall–Kier alpha value is -2.38. The lowest BCUT2D eigenvalue weighted by atomic mass is 9.49. The third-order valence-electron chi connectivity index (χ3n) is 9.54. The monoisotopic (exact) mass is 593 g/mol. The van der Waals surface area contributed by atoms with Crippen LogP contribution in [0.3, 0.4) is 0 Å². The summed E-state index contributed by atoms with van der Waals surface area (Å²) in [4.78, 5) is 30.0. The Morgan fingerprint density at radius 2 is 1.54 bits per heavy atom. The van der Waals surface area contributed by atoms with Crippen molar-refractivity contribution in [3.63, 3.8) is 0 Å². The van der Waals surface area contributed by atoms with Crippen LogP contribution in [0.15, 0.2) is 53.0 Å². The molecule has 1 saturated heterocycles. The summed E-state index contributed by atoms with van der Waals surface area (Å²) >= 11 is 3.48. The molecule has 5 aliphatic rings. The van der Waals surface area contributed by atoms with Gasteiger partial charge in [-0.15, -0.1) is 0 Å². The molecule has 0 radical (unpaired) electrons. The van der Waals surface area contributed by atoms with E-state index in [1.165, 1.54) is 38.5 Å². The second-order valence-corrected chi connectivity index (χ2v) is 13.5. The molecule has 2 aromatic carbocycles. The Balaban J connectivity index is 0.940. The molecule has 1 heterocycles. The van der Waals surface area contributed by atoms with Gasteiger partial charge in [-0.3, -0.25) is 14.5 Å². The van der Waals surface area contributed by atoms with Gasteiger partial charge in [0.2, 0.25) is 11.8 Å². The van der Waals surface area contributed by atoms with Crippen molar-refractivity contribution in [1.82, 2.24) is 15.1 Å². The van der Waals surface area contributed by atoms with Crippen LogP contribution in [-0.4, -0.2) is 54.3 Å². The van der Waals surface area contributed by atoms with E-state index >= 15 is 0 Å². The number of ether oxygens (including phenoxy) is 1. The molecule has 208 valence electrons. The Morgan fingerprint density at radius 3 is 2.21 bits per heavy atom. The first-order valence-electron chi connectivity index (χ1n) is 14.6. The van der Waals surface area contributed by atoms with Gasteiger partial charge in [0.15, 0.2) is 0 Å². The van der Waals surface area contributed by atoms with Crippen LogP contribution in [0.1, 0.15) is 56.1 Å². The van der Waals surface area contributed by atoms with Gasteiger partial charge in [0, 0.05) is 49.2 Å². The minimum absolute atomic E-state index is 0.0340. The number of carbonyl (C=O) groups excluding carboxylic acids is 2. The number of para-hydroxylation sites is 1. The zero-order valence-electron chi connectivity index (χ0n) is 22.7. The zero-order chi connectivity index (χ0) is 26.8. The maximum atomic E-state index is 12.9. The summed E-state index contributed by atoms with van der Waals surface area (Å²) in [6, 6.07) is 16.4. The van der Waals surface area contributed by atoms with Gasteiger partial charge in [-0.05, 0) is 85.5 Å². The molecule has 5 fully saturated rings. The third-order valence-corrected chi connectivity index (χ3v) is 10.1. The molecule has 4 aliphatic carbocycles. The average Bonchev–Trinajstić information content (AvgIpc) is 2.91. The van der Waals surface area contributed by atoms with Crippen LogP contribution in [0.5, 0.6) is 5.75 Å². The molecular weight excluding hydrogens is 554 g/mol. The highest BCUT2D eigenvalue weighted by Crippen LogP contribution is 2.61. The molecule has 6 nitrogen and oxygen atoms in total. The van der Waals surface area contributed by atoms with E-state index in [9.17, 15) is 9.59 Å². The Labute approximate surface area is 240 Å². The highest BCUT2D eigenvalue weighted by atomic mass is 79.9. The fourth-order valence-electron chi connectivity index (χ4n) is 8.11. The second-order valence-electron chi connectivity index (χ2n) is 12.6. The number of benzene rings is 2. The van der Waals surface area contributed by atoms with Crippen LogP contribution in [0, 0.1) is 23.2 Å². The number of carbonyl (C=O) groups is 2. The average molecular weight is 595 g/mol. The Morgan fingerprint density at radius 1 is 0.897 bits per heavy atom. The van der Waals surface area contributed by atoms with Gasteiger partial charge < -0.3 is 15.0 Å². The number of amides is 2. The molecule has 2 aromatic rings. The number of nitrogens with one attached hydrogen (secondary N) is 1. The highest BCUT2D eigenvalue weighted by molar-refractivity contribution is 9.10. The number of rotatable bonds is 9. The van der Waals surface area contributed by atoms with E-state index in [2.05, 4.69) is 44.3 Å². The Bertz CT molecular complexity index is 1140. The molecular formula is C32H40BrN3O3. The smallest absolute Gasteiger partial charge is 0.242 e. The largest absolute Gasteiger partial charge is 0.489 e. The summed E-state index contributed by atoms with van der Waals surface area (Å²) in [6.07, 6.45) is 8.44. The van der Waals surface area contributed by atoms with Crippen molar-refractivity contribution < 1.29 is 14.3 Å². The minimum Gasteiger partial charge on any atom is -0.489 e. The molecule has 4 bridgehead atoms. The normalized spacial score (nSPS) is 27.9. The molecule has 1 N–H and O–H groups in total. The molecule has 7 rings (SSSR count). The topological polar surface area (TPSA) is 61.9 Å². The molecule has 4 saturated carbocycles. The lowest BCUT2D eigenvalue weighted by Gasteiger charge is -2.56. The standard InChI is InChI=1S/C32H40BrN3O3/c33-28-7-5-23(6-8-28)22-39-29-4-2-1-3-27(29)21-35-9-11-36(12-10-35)31(38)20-34-30(37)19-32-16-24-13-25(17-32)15-26(14-24)18-32/h1-8,24-26H,9-22H2,(H,34,37). The Kier molecular flexibility index (Phi) is 7.99. The van der Waals surface area contributed by atoms with Crippen molar-refractivity contribution in [2.75, 3.05) is 32.7 Å². The van der Waals surface area contributed by atoms with Crippen molar-refractivity contribution in [3.8, 4) is 5.75 Å². The summed E-state index contributed by atoms with van der Waals surface area (Å²) < 4.78 is 7.22. The van der Waals surface area contributed by atoms with Gasteiger partial charge in [-0.25, -0.2) is 0 Å². The van der Waals surface area contributed by atoms with E-state index in [1.807, 2.05) is 35.2 Å². The van der Waals surface area contributed by atoms with Gasteiger partial charge in [0.25, 0.3) is 0 Å². The zero-order valence-corrected chi connectivity index (χ0v) is 24.3. The van der Waals surface area contributed by atoms with Crippen molar-refractivity contribution >= 4 is 27.7 Å². The van der Waals surface area contributed by atoms with Gasteiger partial charge in [0.05, 0.1) is 6.54 Å². The summed E-state index contributed by atoms with van der Waals surface area (Å²) in [6.45, 7) is 4.44. The van der Waals surface area contributed by atoms with Crippen LogP contribution < -0.4 is 10.1 Å². The first-order valence-corrected chi connectivity index (χ1v) is 15.4. The van der Waals surface area contributed by atoms with Crippen LogP contribution in [-0.2, 0) is 22.7 Å². The van der Waals surface area contributed by atoms with Crippen molar-refractivity contribution in [1.29, 1.82) is 0 Å². The summed E-state index contributed by atoms with van der Waals surface area (Å²) in [7, 11) is 0. The van der Waals surface area contributed by atoms with Crippen molar-refractivity contribution in [2.45, 2.75) is 58.1 Å². The molecule has 2 amide bonds. The van der Waals surface area contributed by atoms with Gasteiger partial charge in [-0.2, -0.15) is 0 Å². The lowest BCUT2D eigenvalue weighted by molar-refractivity contribution is -0.136. The number of piperazine rings is 1. The van der Waals surface area contributed by atoms with E-state index in [0.717, 1.165) is 58.7 Å². The van der Waals surface area contributed by atoms with Gasteiger partial charge >= 0.3 is 0 Å². The van der Waals surface area contributed by atoms with Crippen molar-refractivity contribution in [3.05, 3.63) is 64.1 Å². The lowest BCUT2D eigenvalue weighted by Crippen LogP contribution is -2.51. The fourth-order valence-corrected chi connectivity index (χ4v) is 8.37. The van der Waals surface area contributed by atoms with E-state index < -0.39 is 0 Å². The molecule has 1 aliphatic heterocycles. The number of hydrogen-bond acceptors (Lipinski definition) is 4. The van der Waals surface area contributed by atoms with Crippen LogP contribution in [0.4, 0.5) is 0 Å². The fraction of sp³-hybridized carbons (Fsp3) is 0.562. The predicted octanol–water partition coefficient (Wildman–Crippen LogP) is 5.40. The third kappa shape index (κ3) is 6.51. The summed E-state index contributed by atoms with van der Waals surface area (Å²) in [5, 5.41) is 2.98. The number of halogens is 1. The predicted molar refractivity (Wildman–Crippen MR) is 155 cm³/mol. The summed E-state index contributed by atoms with van der Waals surface area (Å²) in [5.41, 5.74) is 2.50. The quantitative estimate of drug-likeness (QED) is 0.423.